The Bertz CT molecular complexity index is 362. The number of aryl methyl sites for hydroxylation is 1. The molecule has 3 heteroatoms. The van der Waals surface area contributed by atoms with Crippen molar-refractivity contribution in [3.8, 4) is 0 Å². The molecule has 0 amide bonds. The minimum Gasteiger partial charge on any atom is -0.303 e. The van der Waals surface area contributed by atoms with Crippen molar-refractivity contribution in [1.82, 2.24) is 4.98 Å². The Labute approximate surface area is 75.8 Å². The molecule has 1 aromatic heterocycles. The van der Waals surface area contributed by atoms with Crippen molar-refractivity contribution in [3.63, 3.8) is 0 Å². The van der Waals surface area contributed by atoms with Crippen LogP contribution in [0.1, 0.15) is 16.8 Å². The first-order valence-electron chi connectivity index (χ1n) is 4.30. The maximum Gasteiger partial charge on any atom is 0.147 e. The van der Waals surface area contributed by atoms with E-state index in [1.165, 1.54) is 0 Å². The molecular weight excluding hydrogens is 169 g/mol. The molecule has 1 aliphatic carbocycles. The summed E-state index contributed by atoms with van der Waals surface area (Å²) < 4.78 is 13.4. The van der Waals surface area contributed by atoms with Crippen LogP contribution in [-0.2, 0) is 17.6 Å². The number of hydrogen-bond donors (Lipinski definition) is 0. The molecule has 2 rings (SSSR count). The van der Waals surface area contributed by atoms with E-state index in [2.05, 4.69) is 4.98 Å². The van der Waals surface area contributed by atoms with E-state index in [1.807, 2.05) is 0 Å². The summed E-state index contributed by atoms with van der Waals surface area (Å²) in [7, 11) is 0. The van der Waals surface area contributed by atoms with Gasteiger partial charge in [0.05, 0.1) is 5.69 Å². The van der Waals surface area contributed by atoms with Crippen LogP contribution in [0.15, 0.2) is 6.20 Å². The minimum atomic E-state index is -0.234. The Morgan fingerprint density at radius 1 is 1.62 bits per heavy atom. The van der Waals surface area contributed by atoms with E-state index in [-0.39, 0.29) is 11.7 Å². The van der Waals surface area contributed by atoms with Crippen molar-refractivity contribution in [2.24, 2.45) is 5.92 Å². The molecule has 0 aromatic carbocycles. The van der Waals surface area contributed by atoms with Crippen LogP contribution in [0.5, 0.6) is 0 Å². The second-order valence-electron chi connectivity index (χ2n) is 3.47. The number of hydrogen-bond acceptors (Lipinski definition) is 2. The third-order valence-corrected chi connectivity index (χ3v) is 2.53. The van der Waals surface area contributed by atoms with Crippen LogP contribution in [-0.4, -0.2) is 11.3 Å². The second kappa shape index (κ2) is 2.91. The molecule has 13 heavy (non-hydrogen) atoms. The van der Waals surface area contributed by atoms with Gasteiger partial charge < -0.3 is 4.79 Å². The molecular formula is C10H10FNO. The highest BCUT2D eigenvalue weighted by atomic mass is 19.1. The number of nitrogens with zero attached hydrogens (tertiary/aromatic N) is 1. The largest absolute Gasteiger partial charge is 0.303 e. The minimum absolute atomic E-state index is 0.0481. The molecule has 0 N–H and O–H groups in total. The fraction of sp³-hybridized carbons (Fsp3) is 0.400. The number of carbonyl (C=O) groups excluding carboxylic acids is 1. The predicted octanol–water partition coefficient (Wildman–Crippen LogP) is 1.44. The third-order valence-electron chi connectivity index (χ3n) is 2.53. The Kier molecular flexibility index (Phi) is 1.87. The van der Waals surface area contributed by atoms with Crippen LogP contribution in [0.4, 0.5) is 4.39 Å². The molecule has 0 radical (unpaired) electrons. The lowest BCUT2D eigenvalue weighted by Gasteiger charge is -2.01. The van der Waals surface area contributed by atoms with E-state index in [0.29, 0.717) is 24.1 Å². The molecule has 1 unspecified atom stereocenters. The quantitative estimate of drug-likeness (QED) is 0.610. The Balaban J connectivity index is 2.46. The van der Waals surface area contributed by atoms with Crippen molar-refractivity contribution in [2.45, 2.75) is 19.8 Å². The van der Waals surface area contributed by atoms with Gasteiger partial charge in [0.15, 0.2) is 0 Å². The monoisotopic (exact) mass is 179 g/mol. The first-order chi connectivity index (χ1) is 6.22. The van der Waals surface area contributed by atoms with Gasteiger partial charge in [-0.1, -0.05) is 0 Å². The number of carbonyl (C=O) groups is 1. The van der Waals surface area contributed by atoms with Crippen LogP contribution in [0, 0.1) is 18.7 Å². The van der Waals surface area contributed by atoms with Crippen LogP contribution in [0.2, 0.25) is 0 Å². The zero-order chi connectivity index (χ0) is 9.42. The third kappa shape index (κ3) is 1.24. The fourth-order valence-electron chi connectivity index (χ4n) is 1.78. The Morgan fingerprint density at radius 2 is 2.38 bits per heavy atom. The van der Waals surface area contributed by atoms with Crippen LogP contribution in [0.25, 0.3) is 0 Å². The lowest BCUT2D eigenvalue weighted by atomic mass is 10.1. The molecule has 1 heterocycles. The summed E-state index contributed by atoms with van der Waals surface area (Å²) in [5, 5.41) is 0. The van der Waals surface area contributed by atoms with Crippen molar-refractivity contribution in [2.75, 3.05) is 0 Å². The van der Waals surface area contributed by atoms with E-state index in [4.69, 9.17) is 0 Å². The van der Waals surface area contributed by atoms with Crippen LogP contribution >= 0.6 is 0 Å². The Hall–Kier alpha value is -1.25. The van der Waals surface area contributed by atoms with E-state index in [0.717, 1.165) is 11.8 Å². The van der Waals surface area contributed by atoms with Crippen molar-refractivity contribution >= 4 is 6.29 Å². The maximum absolute atomic E-state index is 13.4. The van der Waals surface area contributed by atoms with Gasteiger partial charge in [-0.05, 0) is 30.9 Å². The molecule has 0 aliphatic heterocycles. The predicted molar refractivity (Wildman–Crippen MR) is 45.9 cm³/mol. The van der Waals surface area contributed by atoms with Crippen molar-refractivity contribution in [1.29, 1.82) is 0 Å². The first kappa shape index (κ1) is 8.35. The standard InChI is InChI=1S/C10H10FNO/c1-6-10(11)9-3-7(5-13)2-8(9)4-12-6/h4-5,7H,2-3H2,1H3. The highest BCUT2D eigenvalue weighted by molar-refractivity contribution is 5.58. The smallest absolute Gasteiger partial charge is 0.147 e. The summed E-state index contributed by atoms with van der Waals surface area (Å²) in [6, 6.07) is 0. The average molecular weight is 179 g/mol. The summed E-state index contributed by atoms with van der Waals surface area (Å²) >= 11 is 0. The summed E-state index contributed by atoms with van der Waals surface area (Å²) in [6.07, 6.45) is 3.75. The summed E-state index contributed by atoms with van der Waals surface area (Å²) in [5.74, 6) is -0.282. The molecule has 68 valence electrons. The highest BCUT2D eigenvalue weighted by Gasteiger charge is 2.24. The topological polar surface area (TPSA) is 30.0 Å². The number of aromatic nitrogens is 1. The number of aldehydes is 1. The van der Waals surface area contributed by atoms with Gasteiger partial charge in [-0.2, -0.15) is 0 Å². The SMILES string of the molecule is Cc1ncc2c(c1F)CC(C=O)C2. The van der Waals surface area contributed by atoms with E-state index >= 15 is 0 Å². The zero-order valence-electron chi connectivity index (χ0n) is 7.38. The lowest BCUT2D eigenvalue weighted by Crippen LogP contribution is -2.00. The number of pyridine rings is 1. The molecule has 0 spiro atoms. The second-order valence-corrected chi connectivity index (χ2v) is 3.47. The van der Waals surface area contributed by atoms with Gasteiger partial charge in [0.2, 0.25) is 0 Å². The van der Waals surface area contributed by atoms with Gasteiger partial charge in [-0.15, -0.1) is 0 Å². The fourth-order valence-corrected chi connectivity index (χ4v) is 1.78. The molecule has 2 nitrogen and oxygen atoms in total. The average Bonchev–Trinajstić information content (AvgIpc) is 2.55. The van der Waals surface area contributed by atoms with E-state index < -0.39 is 0 Å². The van der Waals surface area contributed by atoms with Gasteiger partial charge in [0.25, 0.3) is 0 Å². The van der Waals surface area contributed by atoms with Gasteiger partial charge in [0, 0.05) is 12.1 Å². The molecule has 0 saturated carbocycles. The molecule has 1 aliphatic rings. The molecule has 0 fully saturated rings. The molecule has 0 bridgehead atoms. The first-order valence-corrected chi connectivity index (χ1v) is 4.30. The van der Waals surface area contributed by atoms with Gasteiger partial charge in [0.1, 0.15) is 12.1 Å². The van der Waals surface area contributed by atoms with Crippen LogP contribution < -0.4 is 0 Å². The van der Waals surface area contributed by atoms with Crippen molar-refractivity contribution < 1.29 is 9.18 Å². The van der Waals surface area contributed by atoms with Gasteiger partial charge in [-0.25, -0.2) is 4.39 Å². The summed E-state index contributed by atoms with van der Waals surface area (Å²) in [6.45, 7) is 1.64. The summed E-state index contributed by atoms with van der Waals surface area (Å²) in [5.41, 5.74) is 2.00. The molecule has 1 atom stereocenters. The number of rotatable bonds is 1. The van der Waals surface area contributed by atoms with Crippen molar-refractivity contribution in [3.05, 3.63) is 28.8 Å². The van der Waals surface area contributed by atoms with E-state index in [9.17, 15) is 9.18 Å². The maximum atomic E-state index is 13.4. The van der Waals surface area contributed by atoms with Crippen LogP contribution in [0.3, 0.4) is 0 Å². The normalized spacial score (nSPS) is 20.0. The van der Waals surface area contributed by atoms with E-state index in [1.54, 1.807) is 13.1 Å². The van der Waals surface area contributed by atoms with Gasteiger partial charge in [-0.3, -0.25) is 4.98 Å². The lowest BCUT2D eigenvalue weighted by molar-refractivity contribution is -0.110. The molecule has 1 aromatic rings. The zero-order valence-corrected chi connectivity index (χ0v) is 7.38. The molecule has 0 saturated heterocycles. The summed E-state index contributed by atoms with van der Waals surface area (Å²) in [4.78, 5) is 14.5. The van der Waals surface area contributed by atoms with Gasteiger partial charge >= 0.3 is 0 Å². The highest BCUT2D eigenvalue weighted by Crippen LogP contribution is 2.27. The number of halogens is 1. The Morgan fingerprint density at radius 3 is 3.08 bits per heavy atom. The number of fused-ring (bicyclic) bond motifs is 1.